The highest BCUT2D eigenvalue weighted by Crippen LogP contribution is 2.14. The first-order valence-corrected chi connectivity index (χ1v) is 6.56. The van der Waals surface area contributed by atoms with Crippen LogP contribution >= 0.6 is 0 Å². The molecule has 5 heteroatoms. The molecule has 0 aromatic rings. The lowest BCUT2D eigenvalue weighted by Gasteiger charge is -2.07. The van der Waals surface area contributed by atoms with Gasteiger partial charge in [-0.2, -0.15) is 13.2 Å². The Morgan fingerprint density at radius 2 is 1.83 bits per heavy atom. The third kappa shape index (κ3) is 9.97. The van der Waals surface area contributed by atoms with Crippen molar-refractivity contribution in [1.29, 1.82) is 0 Å². The molecule has 0 aliphatic rings. The Hall–Kier alpha value is -0.0331. The first kappa shape index (κ1) is 12.0. The summed E-state index contributed by atoms with van der Waals surface area (Å²) in [5, 5.41) is 0. The van der Waals surface area contributed by atoms with Crippen LogP contribution in [0.4, 0.5) is 13.2 Å². The van der Waals surface area contributed by atoms with E-state index in [-0.39, 0.29) is 15.4 Å². The molecule has 0 saturated carbocycles. The molecule has 0 saturated heterocycles. The molecule has 73 valence electrons. The summed E-state index contributed by atoms with van der Waals surface area (Å²) >= 11 is 0. The topological polar surface area (TPSA) is 9.23 Å². The molecular formula is C7H14F3OSi. The number of hydrogen-bond acceptors (Lipinski definition) is 1. The molecule has 0 aliphatic heterocycles. The second-order valence-electron chi connectivity index (χ2n) is 2.98. The summed E-state index contributed by atoms with van der Waals surface area (Å²) in [6.07, 6.45) is -3.43. The molecule has 0 aromatic carbocycles. The van der Waals surface area contributed by atoms with E-state index in [1.807, 2.05) is 0 Å². The molecule has 0 amide bonds. The summed E-state index contributed by atoms with van der Waals surface area (Å²) in [5.41, 5.74) is 0. The van der Waals surface area contributed by atoms with Gasteiger partial charge in [0.1, 0.15) is 6.61 Å². The molecule has 0 rings (SSSR count). The fourth-order valence-corrected chi connectivity index (χ4v) is 1.57. The van der Waals surface area contributed by atoms with Crippen LogP contribution in [0.1, 0.15) is 6.42 Å². The molecule has 0 bridgehead atoms. The summed E-state index contributed by atoms with van der Waals surface area (Å²) < 4.78 is 39.0. The zero-order chi connectivity index (χ0) is 9.61. The Labute approximate surface area is 72.5 Å². The quantitative estimate of drug-likeness (QED) is 0.488. The second-order valence-corrected chi connectivity index (χ2v) is 5.89. The van der Waals surface area contributed by atoms with Gasteiger partial charge in [0.15, 0.2) is 0 Å². The van der Waals surface area contributed by atoms with E-state index < -0.39 is 12.8 Å². The van der Waals surface area contributed by atoms with Crippen LogP contribution in [0.15, 0.2) is 0 Å². The molecule has 1 radical (unpaired) electrons. The van der Waals surface area contributed by atoms with Gasteiger partial charge in [-0.15, -0.1) is 0 Å². The monoisotopic (exact) mass is 199 g/mol. The average Bonchev–Trinajstić information content (AvgIpc) is 1.83. The first-order valence-electron chi connectivity index (χ1n) is 3.85. The lowest BCUT2D eigenvalue weighted by atomic mass is 10.5. The predicted octanol–water partition coefficient (Wildman–Crippen LogP) is 2.71. The fraction of sp³-hybridized carbons (Fsp3) is 1.00. The maximum atomic E-state index is 11.5. The second kappa shape index (κ2) is 5.58. The largest absolute Gasteiger partial charge is 0.411 e. The summed E-state index contributed by atoms with van der Waals surface area (Å²) in [5.74, 6) is 0. The molecule has 0 aliphatic carbocycles. The van der Waals surface area contributed by atoms with Gasteiger partial charge in [0.05, 0.1) is 0 Å². The van der Waals surface area contributed by atoms with E-state index in [1.165, 1.54) is 0 Å². The van der Waals surface area contributed by atoms with E-state index in [0.717, 1.165) is 12.5 Å². The number of rotatable bonds is 5. The van der Waals surface area contributed by atoms with Gasteiger partial charge in [0.25, 0.3) is 0 Å². The highest BCUT2D eigenvalue weighted by molar-refractivity contribution is 6.55. The number of ether oxygens (including phenoxy) is 1. The van der Waals surface area contributed by atoms with E-state index in [0.29, 0.717) is 0 Å². The van der Waals surface area contributed by atoms with Gasteiger partial charge in [0.2, 0.25) is 0 Å². The van der Waals surface area contributed by atoms with Crippen LogP contribution in [0.25, 0.3) is 0 Å². The van der Waals surface area contributed by atoms with Crippen molar-refractivity contribution in [3.05, 3.63) is 0 Å². The average molecular weight is 199 g/mol. The molecule has 0 unspecified atom stereocenters. The van der Waals surface area contributed by atoms with E-state index >= 15 is 0 Å². The zero-order valence-electron chi connectivity index (χ0n) is 7.37. The smallest absolute Gasteiger partial charge is 0.372 e. The van der Waals surface area contributed by atoms with Crippen molar-refractivity contribution in [2.24, 2.45) is 0 Å². The van der Waals surface area contributed by atoms with E-state index in [9.17, 15) is 13.2 Å². The Kier molecular flexibility index (Phi) is 5.57. The van der Waals surface area contributed by atoms with Crippen LogP contribution in [0.2, 0.25) is 19.1 Å². The van der Waals surface area contributed by atoms with Crippen LogP contribution < -0.4 is 0 Å². The van der Waals surface area contributed by atoms with Gasteiger partial charge in [-0.1, -0.05) is 19.1 Å². The zero-order valence-corrected chi connectivity index (χ0v) is 8.37. The van der Waals surface area contributed by atoms with Crippen molar-refractivity contribution < 1.29 is 17.9 Å². The predicted molar refractivity (Wildman–Crippen MR) is 43.8 cm³/mol. The molecular weight excluding hydrogens is 185 g/mol. The Bertz CT molecular complexity index is 114. The maximum Gasteiger partial charge on any atom is 0.411 e. The minimum absolute atomic E-state index is 0.232. The molecule has 0 spiro atoms. The summed E-state index contributed by atoms with van der Waals surface area (Å²) in [6, 6.07) is 1.02. The molecule has 0 atom stereocenters. The Morgan fingerprint density at radius 1 is 1.25 bits per heavy atom. The van der Waals surface area contributed by atoms with Gasteiger partial charge in [-0.25, -0.2) is 0 Å². The van der Waals surface area contributed by atoms with E-state index in [1.54, 1.807) is 0 Å². The highest BCUT2D eigenvalue weighted by atomic mass is 28.3. The number of alkyl halides is 3. The molecule has 0 N–H and O–H groups in total. The van der Waals surface area contributed by atoms with Crippen LogP contribution in [0, 0.1) is 0 Å². The molecule has 12 heavy (non-hydrogen) atoms. The van der Waals surface area contributed by atoms with E-state index in [4.69, 9.17) is 0 Å². The summed E-state index contributed by atoms with van der Waals surface area (Å²) in [4.78, 5) is 0. The van der Waals surface area contributed by atoms with Crippen molar-refractivity contribution in [3.8, 4) is 0 Å². The van der Waals surface area contributed by atoms with E-state index in [2.05, 4.69) is 17.8 Å². The number of halogens is 3. The SMILES string of the molecule is C[Si](C)CCCOCC(F)(F)F. The van der Waals surface area contributed by atoms with Gasteiger partial charge >= 0.3 is 6.18 Å². The van der Waals surface area contributed by atoms with Crippen molar-refractivity contribution in [2.45, 2.75) is 31.7 Å². The maximum absolute atomic E-state index is 11.5. The summed E-state index contributed by atoms with van der Waals surface area (Å²) in [6.45, 7) is 3.39. The lowest BCUT2D eigenvalue weighted by molar-refractivity contribution is -0.173. The molecule has 0 fully saturated rings. The number of hydrogen-bond donors (Lipinski definition) is 0. The van der Waals surface area contributed by atoms with Crippen LogP contribution in [-0.4, -0.2) is 28.2 Å². The standard InChI is InChI=1S/C7H14F3OSi/c1-12(2)5-3-4-11-6-7(8,9)10/h3-6H2,1-2H3. The van der Waals surface area contributed by atoms with Crippen LogP contribution in [0.3, 0.4) is 0 Å². The summed E-state index contributed by atoms with van der Waals surface area (Å²) in [7, 11) is -0.311. The highest BCUT2D eigenvalue weighted by Gasteiger charge is 2.27. The van der Waals surface area contributed by atoms with Gasteiger partial charge in [-0.3, -0.25) is 0 Å². The van der Waals surface area contributed by atoms with Gasteiger partial charge < -0.3 is 4.74 Å². The normalized spacial score (nSPS) is 12.5. The lowest BCUT2D eigenvalue weighted by Crippen LogP contribution is -2.17. The minimum atomic E-state index is -4.17. The van der Waals surface area contributed by atoms with Gasteiger partial charge in [-0.05, 0) is 6.42 Å². The van der Waals surface area contributed by atoms with Crippen molar-refractivity contribution in [3.63, 3.8) is 0 Å². The molecule has 1 nitrogen and oxygen atoms in total. The van der Waals surface area contributed by atoms with Gasteiger partial charge in [0, 0.05) is 15.4 Å². The van der Waals surface area contributed by atoms with Crippen LogP contribution in [-0.2, 0) is 4.74 Å². The first-order chi connectivity index (χ1) is 5.42. The van der Waals surface area contributed by atoms with Crippen LogP contribution in [0.5, 0.6) is 0 Å². The third-order valence-corrected chi connectivity index (χ3v) is 2.58. The third-order valence-electron chi connectivity index (χ3n) is 1.23. The molecule has 0 aromatic heterocycles. The Balaban J connectivity index is 3.12. The van der Waals surface area contributed by atoms with Crippen molar-refractivity contribution in [1.82, 2.24) is 0 Å². The Morgan fingerprint density at radius 3 is 2.25 bits per heavy atom. The van der Waals surface area contributed by atoms with Crippen molar-refractivity contribution >= 4 is 8.80 Å². The minimum Gasteiger partial charge on any atom is -0.372 e. The van der Waals surface area contributed by atoms with Crippen molar-refractivity contribution in [2.75, 3.05) is 13.2 Å². The fourth-order valence-electron chi connectivity index (χ4n) is 0.716. The molecule has 0 heterocycles.